The molecule has 124 valence electrons. The molecule has 0 aromatic carbocycles. The lowest BCUT2D eigenvalue weighted by molar-refractivity contribution is -0.119. The Hall–Kier alpha value is -1.34. The molecule has 1 aliphatic carbocycles. The van der Waals surface area contributed by atoms with E-state index in [4.69, 9.17) is 4.52 Å². The Morgan fingerprint density at radius 2 is 2.26 bits per heavy atom. The molecular formula is C16H21N3O2S2. The number of amides is 1. The Kier molecular flexibility index (Phi) is 5.72. The largest absolute Gasteiger partial charge is 0.353 e. The summed E-state index contributed by atoms with van der Waals surface area (Å²) >= 11 is 3.09. The average molecular weight is 351 g/mol. The van der Waals surface area contributed by atoms with Crippen LogP contribution in [0.4, 0.5) is 0 Å². The zero-order valence-corrected chi connectivity index (χ0v) is 14.8. The van der Waals surface area contributed by atoms with Gasteiger partial charge in [0, 0.05) is 6.04 Å². The molecule has 23 heavy (non-hydrogen) atoms. The molecule has 0 bridgehead atoms. The molecule has 1 N–H and O–H groups in total. The Morgan fingerprint density at radius 1 is 1.43 bits per heavy atom. The first-order valence-electron chi connectivity index (χ1n) is 7.94. The number of nitrogens with one attached hydrogen (secondary N) is 1. The summed E-state index contributed by atoms with van der Waals surface area (Å²) in [5, 5.41) is 9.08. The van der Waals surface area contributed by atoms with Crippen LogP contribution >= 0.6 is 23.1 Å². The van der Waals surface area contributed by atoms with Crippen LogP contribution in [0.25, 0.3) is 10.7 Å². The first kappa shape index (κ1) is 16.5. The van der Waals surface area contributed by atoms with E-state index in [0.717, 1.165) is 23.6 Å². The van der Waals surface area contributed by atoms with Crippen molar-refractivity contribution < 1.29 is 9.32 Å². The monoisotopic (exact) mass is 351 g/mol. The maximum atomic E-state index is 12.0. The van der Waals surface area contributed by atoms with Gasteiger partial charge in [-0.15, -0.1) is 23.1 Å². The van der Waals surface area contributed by atoms with Crippen LogP contribution in [-0.4, -0.2) is 27.8 Å². The number of aromatic nitrogens is 2. The standard InChI is InChI=1S/C16H21N3O2S2/c1-11-4-6-12(7-5-11)17-14(20)9-22-10-15-18-16(19-21-15)13-3-2-8-23-13/h2-3,8,11-12H,4-7,9-10H2,1H3,(H,17,20). The van der Waals surface area contributed by atoms with Crippen LogP contribution in [-0.2, 0) is 10.5 Å². The van der Waals surface area contributed by atoms with Crippen LogP contribution in [0, 0.1) is 5.92 Å². The van der Waals surface area contributed by atoms with Crippen molar-refractivity contribution in [2.24, 2.45) is 5.92 Å². The van der Waals surface area contributed by atoms with Crippen molar-refractivity contribution >= 4 is 29.0 Å². The molecule has 2 heterocycles. The van der Waals surface area contributed by atoms with E-state index < -0.39 is 0 Å². The van der Waals surface area contributed by atoms with Crippen molar-refractivity contribution in [1.29, 1.82) is 0 Å². The molecule has 1 fully saturated rings. The zero-order valence-electron chi connectivity index (χ0n) is 13.2. The Balaban J connectivity index is 1.38. The highest BCUT2D eigenvalue weighted by Crippen LogP contribution is 2.24. The fraction of sp³-hybridized carbons (Fsp3) is 0.562. The molecule has 2 aromatic rings. The SMILES string of the molecule is CC1CCC(NC(=O)CSCc2nc(-c3cccs3)no2)CC1. The third-order valence-electron chi connectivity index (χ3n) is 4.05. The van der Waals surface area contributed by atoms with Gasteiger partial charge >= 0.3 is 0 Å². The summed E-state index contributed by atoms with van der Waals surface area (Å²) < 4.78 is 5.23. The van der Waals surface area contributed by atoms with E-state index in [2.05, 4.69) is 22.4 Å². The van der Waals surface area contributed by atoms with Gasteiger partial charge in [-0.05, 0) is 43.0 Å². The van der Waals surface area contributed by atoms with E-state index in [9.17, 15) is 4.79 Å². The first-order chi connectivity index (χ1) is 11.2. The van der Waals surface area contributed by atoms with E-state index in [1.54, 1.807) is 11.3 Å². The molecular weight excluding hydrogens is 330 g/mol. The molecule has 0 spiro atoms. The van der Waals surface area contributed by atoms with Gasteiger partial charge in [0.25, 0.3) is 0 Å². The van der Waals surface area contributed by atoms with Crippen molar-refractivity contribution in [1.82, 2.24) is 15.5 Å². The topological polar surface area (TPSA) is 68.0 Å². The van der Waals surface area contributed by atoms with Crippen LogP contribution < -0.4 is 5.32 Å². The predicted octanol–water partition coefficient (Wildman–Crippen LogP) is 3.73. The second-order valence-corrected chi connectivity index (χ2v) is 7.94. The normalized spacial score (nSPS) is 21.3. The third kappa shape index (κ3) is 4.81. The molecule has 1 saturated carbocycles. The number of nitrogens with zero attached hydrogens (tertiary/aromatic N) is 2. The van der Waals surface area contributed by atoms with Crippen LogP contribution in [0.15, 0.2) is 22.0 Å². The Labute approximate surface area is 144 Å². The molecule has 3 rings (SSSR count). The maximum Gasteiger partial charge on any atom is 0.236 e. The maximum absolute atomic E-state index is 12.0. The van der Waals surface area contributed by atoms with Crippen molar-refractivity contribution in [2.75, 3.05) is 5.75 Å². The van der Waals surface area contributed by atoms with E-state index in [1.165, 1.54) is 24.6 Å². The number of hydrogen-bond donors (Lipinski definition) is 1. The second kappa shape index (κ2) is 7.97. The van der Waals surface area contributed by atoms with Gasteiger partial charge in [0.2, 0.25) is 17.6 Å². The third-order valence-corrected chi connectivity index (χ3v) is 5.83. The molecule has 5 nitrogen and oxygen atoms in total. The minimum Gasteiger partial charge on any atom is -0.353 e. The van der Waals surface area contributed by atoms with Gasteiger partial charge in [-0.3, -0.25) is 4.79 Å². The smallest absolute Gasteiger partial charge is 0.236 e. The number of rotatable bonds is 6. The van der Waals surface area contributed by atoms with Crippen molar-refractivity contribution in [3.63, 3.8) is 0 Å². The van der Waals surface area contributed by atoms with E-state index >= 15 is 0 Å². The molecule has 0 atom stereocenters. The lowest BCUT2D eigenvalue weighted by Crippen LogP contribution is -2.38. The van der Waals surface area contributed by atoms with Gasteiger partial charge in [0.1, 0.15) is 0 Å². The van der Waals surface area contributed by atoms with Crippen LogP contribution in [0.1, 0.15) is 38.5 Å². The summed E-state index contributed by atoms with van der Waals surface area (Å²) in [6.45, 7) is 2.28. The lowest BCUT2D eigenvalue weighted by Gasteiger charge is -2.26. The number of carbonyl (C=O) groups is 1. The summed E-state index contributed by atoms with van der Waals surface area (Å²) in [5.41, 5.74) is 0. The summed E-state index contributed by atoms with van der Waals surface area (Å²) in [6, 6.07) is 4.28. The van der Waals surface area contributed by atoms with Gasteiger partial charge in [-0.2, -0.15) is 4.98 Å². The minimum absolute atomic E-state index is 0.104. The number of hydrogen-bond acceptors (Lipinski definition) is 6. The molecule has 1 amide bonds. The highest BCUT2D eigenvalue weighted by atomic mass is 32.2. The molecule has 7 heteroatoms. The number of carbonyl (C=O) groups excluding carboxylic acids is 1. The fourth-order valence-corrected chi connectivity index (χ4v) is 4.04. The van der Waals surface area contributed by atoms with Crippen LogP contribution in [0.3, 0.4) is 0 Å². The second-order valence-electron chi connectivity index (χ2n) is 6.01. The summed E-state index contributed by atoms with van der Waals surface area (Å²) in [6.07, 6.45) is 4.63. The van der Waals surface area contributed by atoms with E-state index in [0.29, 0.717) is 29.3 Å². The van der Waals surface area contributed by atoms with Crippen LogP contribution in [0.5, 0.6) is 0 Å². The van der Waals surface area contributed by atoms with Gasteiger partial charge in [0.05, 0.1) is 16.4 Å². The Morgan fingerprint density at radius 3 is 3.00 bits per heavy atom. The lowest BCUT2D eigenvalue weighted by atomic mass is 9.87. The Bertz CT molecular complexity index is 619. The fourth-order valence-electron chi connectivity index (χ4n) is 2.72. The highest BCUT2D eigenvalue weighted by Gasteiger charge is 2.19. The molecule has 1 aliphatic rings. The van der Waals surface area contributed by atoms with Gasteiger partial charge in [0.15, 0.2) is 0 Å². The van der Waals surface area contributed by atoms with Crippen molar-refractivity contribution in [3.05, 3.63) is 23.4 Å². The van der Waals surface area contributed by atoms with Crippen molar-refractivity contribution in [2.45, 2.75) is 44.4 Å². The molecule has 0 saturated heterocycles. The summed E-state index contributed by atoms with van der Waals surface area (Å²) in [5.74, 6) is 3.09. The quantitative estimate of drug-likeness (QED) is 0.859. The van der Waals surface area contributed by atoms with E-state index in [1.807, 2.05) is 17.5 Å². The zero-order chi connectivity index (χ0) is 16.1. The molecule has 0 aliphatic heterocycles. The van der Waals surface area contributed by atoms with Gasteiger partial charge in [-0.25, -0.2) is 0 Å². The predicted molar refractivity (Wildman–Crippen MR) is 93.3 cm³/mol. The number of thioether (sulfide) groups is 1. The molecule has 0 radical (unpaired) electrons. The van der Waals surface area contributed by atoms with Crippen molar-refractivity contribution in [3.8, 4) is 10.7 Å². The highest BCUT2D eigenvalue weighted by molar-refractivity contribution is 7.99. The summed E-state index contributed by atoms with van der Waals surface area (Å²) in [7, 11) is 0. The van der Waals surface area contributed by atoms with Crippen LogP contribution in [0.2, 0.25) is 0 Å². The molecule has 2 aromatic heterocycles. The molecule has 0 unspecified atom stereocenters. The average Bonchev–Trinajstić information content (AvgIpc) is 3.20. The van der Waals surface area contributed by atoms with E-state index in [-0.39, 0.29) is 5.91 Å². The minimum atomic E-state index is 0.104. The van der Waals surface area contributed by atoms with Gasteiger partial charge < -0.3 is 9.84 Å². The summed E-state index contributed by atoms with van der Waals surface area (Å²) in [4.78, 5) is 17.3. The number of thiophene rings is 1. The van der Waals surface area contributed by atoms with Gasteiger partial charge in [-0.1, -0.05) is 18.1 Å². The first-order valence-corrected chi connectivity index (χ1v) is 9.97.